The van der Waals surface area contributed by atoms with E-state index in [1.54, 1.807) is 0 Å². The average Bonchev–Trinajstić information content (AvgIpc) is 2.90. The molecule has 1 N–H and O–H groups in total. The van der Waals surface area contributed by atoms with Gasteiger partial charge in [-0.15, -0.1) is 23.2 Å². The van der Waals surface area contributed by atoms with Gasteiger partial charge >= 0.3 is 0 Å². The molecule has 1 aliphatic carbocycles. The Morgan fingerprint density at radius 2 is 1.39 bits per heavy atom. The van der Waals surface area contributed by atoms with Crippen LogP contribution in [0.1, 0.15) is 17.5 Å². The molecule has 0 aliphatic heterocycles. The quantitative estimate of drug-likeness (QED) is 0.515. The second-order valence-electron chi connectivity index (χ2n) is 4.24. The SMILES string of the molecule is OCc1c(F)c(F)c(CC2CC2(Cl)Cl)c(F)c1F. The van der Waals surface area contributed by atoms with Crippen LogP contribution in [-0.2, 0) is 13.0 Å². The number of aliphatic hydroxyl groups is 1. The Morgan fingerprint density at radius 1 is 1.00 bits per heavy atom. The van der Waals surface area contributed by atoms with E-state index in [0.29, 0.717) is 6.42 Å². The minimum atomic E-state index is -1.58. The molecule has 1 aromatic rings. The molecular weight excluding hydrogens is 295 g/mol. The molecule has 1 fully saturated rings. The van der Waals surface area contributed by atoms with Crippen molar-refractivity contribution in [2.75, 3.05) is 0 Å². The van der Waals surface area contributed by atoms with Gasteiger partial charge in [-0.3, -0.25) is 0 Å². The molecular formula is C11H8Cl2F4O. The van der Waals surface area contributed by atoms with Gasteiger partial charge in [0.25, 0.3) is 0 Å². The molecule has 0 saturated heterocycles. The molecule has 1 aliphatic rings. The van der Waals surface area contributed by atoms with Crippen LogP contribution >= 0.6 is 23.2 Å². The summed E-state index contributed by atoms with van der Waals surface area (Å²) in [6, 6.07) is 0. The lowest BCUT2D eigenvalue weighted by Gasteiger charge is -2.10. The molecule has 2 rings (SSSR count). The van der Waals surface area contributed by atoms with Gasteiger partial charge < -0.3 is 5.11 Å². The fourth-order valence-corrected chi connectivity index (χ4v) is 2.30. The number of benzene rings is 1. The summed E-state index contributed by atoms with van der Waals surface area (Å²) in [5.74, 6) is -6.62. The Bertz CT molecular complexity index is 475. The van der Waals surface area contributed by atoms with E-state index in [1.165, 1.54) is 0 Å². The molecule has 1 atom stereocenters. The van der Waals surface area contributed by atoms with E-state index in [1.807, 2.05) is 0 Å². The molecule has 18 heavy (non-hydrogen) atoms. The molecule has 1 nitrogen and oxygen atoms in total. The lowest BCUT2D eigenvalue weighted by atomic mass is 10.0. The van der Waals surface area contributed by atoms with E-state index in [2.05, 4.69) is 0 Å². The van der Waals surface area contributed by atoms with Gasteiger partial charge in [0.15, 0.2) is 23.3 Å². The van der Waals surface area contributed by atoms with Gasteiger partial charge in [0.2, 0.25) is 0 Å². The predicted octanol–water partition coefficient (Wildman–Crippen LogP) is 3.47. The monoisotopic (exact) mass is 302 g/mol. The van der Waals surface area contributed by atoms with Gasteiger partial charge in [-0.25, -0.2) is 17.6 Å². The van der Waals surface area contributed by atoms with E-state index in [-0.39, 0.29) is 6.42 Å². The number of rotatable bonds is 3. The third-order valence-corrected chi connectivity index (χ3v) is 3.94. The Kier molecular flexibility index (Phi) is 3.51. The number of halogens is 6. The van der Waals surface area contributed by atoms with Crippen molar-refractivity contribution in [3.8, 4) is 0 Å². The highest BCUT2D eigenvalue weighted by molar-refractivity contribution is 6.50. The van der Waals surface area contributed by atoms with Crippen LogP contribution < -0.4 is 0 Å². The second kappa shape index (κ2) is 4.54. The summed E-state index contributed by atoms with van der Waals surface area (Å²) in [7, 11) is 0. The smallest absolute Gasteiger partial charge is 0.167 e. The Hall–Kier alpha value is -0.520. The molecule has 0 amide bonds. The molecule has 100 valence electrons. The first kappa shape index (κ1) is 13.9. The highest BCUT2D eigenvalue weighted by Gasteiger charge is 2.52. The van der Waals surface area contributed by atoms with Gasteiger partial charge in [-0.05, 0) is 18.8 Å². The summed E-state index contributed by atoms with van der Waals surface area (Å²) in [4.78, 5) is 0. The Morgan fingerprint density at radius 3 is 1.72 bits per heavy atom. The van der Waals surface area contributed by atoms with Crippen molar-refractivity contribution >= 4 is 23.2 Å². The van der Waals surface area contributed by atoms with Crippen molar-refractivity contribution in [3.63, 3.8) is 0 Å². The number of aliphatic hydroxyl groups excluding tert-OH is 1. The standard InChI is InChI=1S/C11H8Cl2F4O/c12-11(13)2-4(11)1-5-7(14)9(16)6(3-18)10(17)8(5)15/h4,18H,1-3H2. The van der Waals surface area contributed by atoms with E-state index in [0.717, 1.165) is 0 Å². The van der Waals surface area contributed by atoms with Crippen LogP contribution in [-0.4, -0.2) is 9.44 Å². The maximum absolute atomic E-state index is 13.6. The van der Waals surface area contributed by atoms with Crippen LogP contribution in [0.2, 0.25) is 0 Å². The molecule has 1 aromatic carbocycles. The van der Waals surface area contributed by atoms with Gasteiger partial charge in [-0.1, -0.05) is 0 Å². The molecule has 0 heterocycles. The molecule has 7 heteroatoms. The zero-order valence-corrected chi connectivity index (χ0v) is 10.4. The minimum Gasteiger partial charge on any atom is -0.391 e. The van der Waals surface area contributed by atoms with E-state index in [4.69, 9.17) is 28.3 Å². The Balaban J connectivity index is 2.42. The van der Waals surface area contributed by atoms with Gasteiger partial charge in [0.1, 0.15) is 4.33 Å². The maximum Gasteiger partial charge on any atom is 0.167 e. The molecule has 0 bridgehead atoms. The summed E-state index contributed by atoms with van der Waals surface area (Å²) in [5, 5.41) is 8.66. The predicted molar refractivity (Wildman–Crippen MR) is 58.4 cm³/mol. The van der Waals surface area contributed by atoms with Crippen molar-refractivity contribution < 1.29 is 22.7 Å². The van der Waals surface area contributed by atoms with Crippen LogP contribution in [0.25, 0.3) is 0 Å². The average molecular weight is 303 g/mol. The molecule has 0 spiro atoms. The lowest BCUT2D eigenvalue weighted by Crippen LogP contribution is -2.10. The van der Waals surface area contributed by atoms with Crippen LogP contribution in [0.15, 0.2) is 0 Å². The van der Waals surface area contributed by atoms with Crippen molar-refractivity contribution in [3.05, 3.63) is 34.4 Å². The summed E-state index contributed by atoms with van der Waals surface area (Å²) < 4.78 is 52.7. The summed E-state index contributed by atoms with van der Waals surface area (Å²) in [5.41, 5.74) is -1.75. The summed E-state index contributed by atoms with van der Waals surface area (Å²) in [6.07, 6.45) is 0.0181. The Labute approximate surface area is 110 Å². The molecule has 0 radical (unpaired) electrons. The van der Waals surface area contributed by atoms with E-state index in [9.17, 15) is 17.6 Å². The summed E-state index contributed by atoms with van der Waals surface area (Å²) >= 11 is 11.4. The number of hydrogen-bond donors (Lipinski definition) is 1. The molecule has 1 saturated carbocycles. The minimum absolute atomic E-state index is 0.287. The first-order valence-corrected chi connectivity index (χ1v) is 5.87. The highest BCUT2D eigenvalue weighted by atomic mass is 35.5. The highest BCUT2D eigenvalue weighted by Crippen LogP contribution is 2.55. The summed E-state index contributed by atoms with van der Waals surface area (Å²) in [6.45, 7) is -1.12. The van der Waals surface area contributed by atoms with Gasteiger partial charge in [-0.2, -0.15) is 0 Å². The van der Waals surface area contributed by atoms with Crippen molar-refractivity contribution in [1.82, 2.24) is 0 Å². The number of hydrogen-bond acceptors (Lipinski definition) is 1. The zero-order chi connectivity index (χ0) is 13.7. The second-order valence-corrected chi connectivity index (χ2v) is 5.78. The molecule has 1 unspecified atom stereocenters. The van der Waals surface area contributed by atoms with Crippen molar-refractivity contribution in [1.29, 1.82) is 0 Å². The fourth-order valence-electron chi connectivity index (χ4n) is 1.78. The van der Waals surface area contributed by atoms with Gasteiger partial charge in [0.05, 0.1) is 12.2 Å². The molecule has 0 aromatic heterocycles. The van der Waals surface area contributed by atoms with E-state index >= 15 is 0 Å². The van der Waals surface area contributed by atoms with Crippen molar-refractivity contribution in [2.45, 2.75) is 23.8 Å². The van der Waals surface area contributed by atoms with Crippen LogP contribution in [0.3, 0.4) is 0 Å². The topological polar surface area (TPSA) is 20.2 Å². The lowest BCUT2D eigenvalue weighted by molar-refractivity contribution is 0.262. The largest absolute Gasteiger partial charge is 0.391 e. The fraction of sp³-hybridized carbons (Fsp3) is 0.455. The first-order chi connectivity index (χ1) is 8.29. The van der Waals surface area contributed by atoms with Crippen LogP contribution in [0.4, 0.5) is 17.6 Å². The third kappa shape index (κ3) is 2.19. The van der Waals surface area contributed by atoms with Crippen LogP contribution in [0, 0.1) is 29.2 Å². The maximum atomic E-state index is 13.6. The normalized spacial score (nSPS) is 21.2. The van der Waals surface area contributed by atoms with Crippen LogP contribution in [0.5, 0.6) is 0 Å². The number of alkyl halides is 2. The van der Waals surface area contributed by atoms with Crippen molar-refractivity contribution in [2.24, 2.45) is 5.92 Å². The zero-order valence-electron chi connectivity index (χ0n) is 8.91. The van der Waals surface area contributed by atoms with Gasteiger partial charge in [0, 0.05) is 5.56 Å². The first-order valence-electron chi connectivity index (χ1n) is 5.12. The third-order valence-electron chi connectivity index (χ3n) is 3.01. The van der Waals surface area contributed by atoms with E-state index < -0.39 is 51.3 Å².